The van der Waals surface area contributed by atoms with Gasteiger partial charge in [0.2, 0.25) is 0 Å². The van der Waals surface area contributed by atoms with Gasteiger partial charge >= 0.3 is 6.09 Å². The second kappa shape index (κ2) is 6.08. The van der Waals surface area contributed by atoms with Crippen LogP contribution >= 0.6 is 0 Å². The van der Waals surface area contributed by atoms with E-state index in [-0.39, 0.29) is 6.09 Å². The van der Waals surface area contributed by atoms with Gasteiger partial charge in [-0.2, -0.15) is 0 Å². The number of hydrogen-bond donors (Lipinski definition) is 0. The fraction of sp³-hybridized carbons (Fsp3) is 0.750. The Morgan fingerprint density at radius 2 is 1.95 bits per heavy atom. The summed E-state index contributed by atoms with van der Waals surface area (Å²) in [6.07, 6.45) is 5.64. The van der Waals surface area contributed by atoms with E-state index in [4.69, 9.17) is 4.74 Å². The van der Waals surface area contributed by atoms with Crippen LogP contribution in [0.25, 0.3) is 0 Å². The lowest BCUT2D eigenvalue weighted by Crippen LogP contribution is -2.42. The summed E-state index contributed by atoms with van der Waals surface area (Å²) in [4.78, 5) is 18.3. The molecule has 1 amide bonds. The number of aromatic nitrogens is 2. The maximum absolute atomic E-state index is 12.1. The van der Waals surface area contributed by atoms with Gasteiger partial charge in [-0.05, 0) is 33.6 Å². The van der Waals surface area contributed by atoms with Gasteiger partial charge in [0.15, 0.2) is 0 Å². The summed E-state index contributed by atoms with van der Waals surface area (Å²) in [6.45, 7) is 11.5. The molecule has 5 heteroatoms. The van der Waals surface area contributed by atoms with Gasteiger partial charge in [-0.15, -0.1) is 0 Å². The summed E-state index contributed by atoms with van der Waals surface area (Å²) >= 11 is 0. The summed E-state index contributed by atoms with van der Waals surface area (Å²) in [6, 6.07) is 0.434. The molecular weight excluding hydrogens is 266 g/mol. The molecule has 0 atom stereocenters. The average Bonchev–Trinajstić information content (AvgIpc) is 2.86. The van der Waals surface area contributed by atoms with Crippen LogP contribution in [0.2, 0.25) is 0 Å². The van der Waals surface area contributed by atoms with Crippen molar-refractivity contribution in [3.63, 3.8) is 0 Å². The third-order valence-corrected chi connectivity index (χ3v) is 3.72. The Morgan fingerprint density at radius 3 is 2.48 bits per heavy atom. The topological polar surface area (TPSA) is 47.4 Å². The Kier molecular flexibility index (Phi) is 4.59. The average molecular weight is 293 g/mol. The largest absolute Gasteiger partial charge is 0.444 e. The van der Waals surface area contributed by atoms with Gasteiger partial charge in [-0.25, -0.2) is 9.78 Å². The molecule has 1 aromatic rings. The van der Waals surface area contributed by atoms with Gasteiger partial charge < -0.3 is 14.2 Å². The molecule has 2 heterocycles. The molecule has 5 nitrogen and oxygen atoms in total. The zero-order valence-electron chi connectivity index (χ0n) is 13.8. The van der Waals surface area contributed by atoms with Crippen LogP contribution in [-0.4, -0.2) is 39.2 Å². The van der Waals surface area contributed by atoms with Gasteiger partial charge in [0.25, 0.3) is 0 Å². The van der Waals surface area contributed by atoms with E-state index in [1.165, 1.54) is 0 Å². The van der Waals surface area contributed by atoms with E-state index in [2.05, 4.69) is 29.6 Å². The monoisotopic (exact) mass is 293 g/mol. The SMILES string of the molecule is CC(C)c1nccn1C1CCN(C(=O)OC(C)(C)C)CC1. The van der Waals surface area contributed by atoms with E-state index in [1.807, 2.05) is 31.9 Å². The third-order valence-electron chi connectivity index (χ3n) is 3.72. The van der Waals surface area contributed by atoms with Crippen LogP contribution in [0.4, 0.5) is 4.79 Å². The fourth-order valence-electron chi connectivity index (χ4n) is 2.73. The molecule has 1 fully saturated rings. The number of carbonyl (C=O) groups is 1. The van der Waals surface area contributed by atoms with Crippen LogP contribution in [0.5, 0.6) is 0 Å². The first kappa shape index (κ1) is 15.9. The van der Waals surface area contributed by atoms with Crippen molar-refractivity contribution in [2.24, 2.45) is 0 Å². The van der Waals surface area contributed by atoms with Gasteiger partial charge in [-0.3, -0.25) is 0 Å². The second-order valence-corrected chi connectivity index (χ2v) is 7.05. The van der Waals surface area contributed by atoms with Gasteiger partial charge in [-0.1, -0.05) is 13.8 Å². The minimum atomic E-state index is -0.427. The smallest absolute Gasteiger partial charge is 0.410 e. The molecular formula is C16H27N3O2. The molecule has 1 aliphatic heterocycles. The Hall–Kier alpha value is -1.52. The lowest BCUT2D eigenvalue weighted by Gasteiger charge is -2.34. The van der Waals surface area contributed by atoms with Crippen molar-refractivity contribution in [3.05, 3.63) is 18.2 Å². The zero-order valence-corrected chi connectivity index (χ0v) is 13.8. The van der Waals surface area contributed by atoms with Crippen LogP contribution in [0.15, 0.2) is 12.4 Å². The maximum atomic E-state index is 12.1. The van der Waals surface area contributed by atoms with Crippen molar-refractivity contribution in [2.45, 2.75) is 65.0 Å². The number of carbonyl (C=O) groups excluding carboxylic acids is 1. The number of rotatable bonds is 2. The number of piperidine rings is 1. The highest BCUT2D eigenvalue weighted by Gasteiger charge is 2.28. The van der Waals surface area contributed by atoms with Crippen molar-refractivity contribution in [3.8, 4) is 0 Å². The number of hydrogen-bond acceptors (Lipinski definition) is 3. The lowest BCUT2D eigenvalue weighted by molar-refractivity contribution is 0.0187. The molecule has 21 heavy (non-hydrogen) atoms. The summed E-state index contributed by atoms with van der Waals surface area (Å²) < 4.78 is 7.71. The molecule has 118 valence electrons. The third kappa shape index (κ3) is 3.99. The van der Waals surface area contributed by atoms with Crippen molar-refractivity contribution < 1.29 is 9.53 Å². The maximum Gasteiger partial charge on any atom is 0.410 e. The fourth-order valence-corrected chi connectivity index (χ4v) is 2.73. The van der Waals surface area contributed by atoms with Crippen molar-refractivity contribution in [1.82, 2.24) is 14.5 Å². The van der Waals surface area contributed by atoms with E-state index in [0.29, 0.717) is 12.0 Å². The summed E-state index contributed by atoms with van der Waals surface area (Å²) in [5.41, 5.74) is -0.427. The highest BCUT2D eigenvalue weighted by molar-refractivity contribution is 5.68. The van der Waals surface area contributed by atoms with Crippen LogP contribution in [0.3, 0.4) is 0 Å². The summed E-state index contributed by atoms with van der Waals surface area (Å²) in [5, 5.41) is 0. The van der Waals surface area contributed by atoms with Gasteiger partial charge in [0.05, 0.1) is 0 Å². The number of imidazole rings is 1. The van der Waals surface area contributed by atoms with Crippen molar-refractivity contribution in [1.29, 1.82) is 0 Å². The number of likely N-dealkylation sites (tertiary alicyclic amines) is 1. The van der Waals surface area contributed by atoms with Crippen LogP contribution < -0.4 is 0 Å². The quantitative estimate of drug-likeness (QED) is 0.837. The highest BCUT2D eigenvalue weighted by Crippen LogP contribution is 2.27. The Labute approximate surface area is 127 Å². The predicted molar refractivity (Wildman–Crippen MR) is 82.4 cm³/mol. The van der Waals surface area contributed by atoms with E-state index < -0.39 is 5.60 Å². The van der Waals surface area contributed by atoms with Crippen molar-refractivity contribution >= 4 is 6.09 Å². The normalized spacial score (nSPS) is 17.3. The molecule has 1 saturated heterocycles. The zero-order chi connectivity index (χ0) is 15.6. The van der Waals surface area contributed by atoms with Crippen LogP contribution in [0.1, 0.15) is 65.2 Å². The first-order valence-corrected chi connectivity index (χ1v) is 7.78. The van der Waals surface area contributed by atoms with Crippen molar-refractivity contribution in [2.75, 3.05) is 13.1 Å². The minimum absolute atomic E-state index is 0.198. The molecule has 2 rings (SSSR count). The highest BCUT2D eigenvalue weighted by atomic mass is 16.6. The number of ether oxygens (including phenoxy) is 1. The van der Waals surface area contributed by atoms with Crippen LogP contribution in [0, 0.1) is 0 Å². The first-order chi connectivity index (χ1) is 9.78. The van der Waals surface area contributed by atoms with Gasteiger partial charge in [0.1, 0.15) is 11.4 Å². The molecule has 0 spiro atoms. The van der Waals surface area contributed by atoms with E-state index in [1.54, 1.807) is 0 Å². The van der Waals surface area contributed by atoms with E-state index in [9.17, 15) is 4.79 Å². The lowest BCUT2D eigenvalue weighted by atomic mass is 10.0. The second-order valence-electron chi connectivity index (χ2n) is 7.05. The number of amides is 1. The van der Waals surface area contributed by atoms with E-state index in [0.717, 1.165) is 31.8 Å². The summed E-state index contributed by atoms with van der Waals surface area (Å²) in [7, 11) is 0. The number of nitrogens with zero attached hydrogens (tertiary/aromatic N) is 3. The minimum Gasteiger partial charge on any atom is -0.444 e. The Balaban J connectivity index is 1.94. The van der Waals surface area contributed by atoms with E-state index >= 15 is 0 Å². The Bertz CT molecular complexity index is 480. The molecule has 0 aliphatic carbocycles. The molecule has 0 bridgehead atoms. The molecule has 1 aliphatic rings. The molecule has 0 unspecified atom stereocenters. The summed E-state index contributed by atoms with van der Waals surface area (Å²) in [5.74, 6) is 1.55. The predicted octanol–water partition coefficient (Wildman–Crippen LogP) is 3.58. The van der Waals surface area contributed by atoms with Gasteiger partial charge in [0, 0.05) is 37.4 Å². The Morgan fingerprint density at radius 1 is 1.33 bits per heavy atom. The molecule has 0 N–H and O–H groups in total. The molecule has 1 aromatic heterocycles. The molecule has 0 radical (unpaired) electrons. The standard InChI is InChI=1S/C16H27N3O2/c1-12(2)14-17-8-11-19(14)13-6-9-18(10-7-13)15(20)21-16(3,4)5/h8,11-13H,6-7,9-10H2,1-5H3. The van der Waals surface area contributed by atoms with Crippen LogP contribution in [-0.2, 0) is 4.74 Å². The molecule has 0 aromatic carbocycles. The first-order valence-electron chi connectivity index (χ1n) is 7.78. The molecule has 0 saturated carbocycles.